The Balaban J connectivity index is 3.55. The third kappa shape index (κ3) is 44.6. The van der Waals surface area contributed by atoms with E-state index in [0.29, 0.717) is 6.42 Å². The first kappa shape index (κ1) is 58.6. The molecule has 3 unspecified atom stereocenters. The van der Waals surface area contributed by atoms with Gasteiger partial charge in [0, 0.05) is 0 Å². The second-order valence-electron chi connectivity index (χ2n) is 18.4. The van der Waals surface area contributed by atoms with E-state index in [1.54, 1.807) is 6.08 Å². The maximum absolute atomic E-state index is 12.5. The topological polar surface area (TPSA) is 89.8 Å². The lowest BCUT2D eigenvalue weighted by Crippen LogP contribution is -2.48. The molecule has 3 atom stereocenters. The Morgan fingerprint density at radius 3 is 1.02 bits per heavy atom. The summed E-state index contributed by atoms with van der Waals surface area (Å²) in [6.45, 7) is 4.19. The molecule has 5 heteroatoms. The van der Waals surface area contributed by atoms with Crippen molar-refractivity contribution in [3.8, 4) is 0 Å². The van der Waals surface area contributed by atoms with Crippen LogP contribution in [0.1, 0.15) is 284 Å². The summed E-state index contributed by atoms with van der Waals surface area (Å²) >= 11 is 0. The molecule has 0 aromatic heterocycles. The Kier molecular flexibility index (Phi) is 49.0. The lowest BCUT2D eigenvalue weighted by Gasteiger charge is -2.21. The number of hydrogen-bond acceptors (Lipinski definition) is 4. The van der Waals surface area contributed by atoms with Gasteiger partial charge in [0.1, 0.15) is 6.10 Å². The average Bonchev–Trinajstić information content (AvgIpc) is 3.25. The highest BCUT2D eigenvalue weighted by molar-refractivity contribution is 5.80. The summed E-state index contributed by atoms with van der Waals surface area (Å²) in [5.41, 5.74) is 0. The predicted octanol–water partition coefficient (Wildman–Crippen LogP) is 16.3. The van der Waals surface area contributed by atoms with E-state index in [1.807, 2.05) is 6.08 Å². The molecule has 0 aromatic rings. The minimum Gasteiger partial charge on any atom is -0.394 e. The van der Waals surface area contributed by atoms with Gasteiger partial charge < -0.3 is 20.6 Å². The molecule has 1 amide bonds. The van der Waals surface area contributed by atoms with E-state index in [2.05, 4.69) is 43.5 Å². The molecule has 0 heterocycles. The third-order valence-electron chi connectivity index (χ3n) is 12.5. The molecule has 0 bridgehead atoms. The number of hydrogen-bond donors (Lipinski definition) is 4. The molecule has 0 aromatic carbocycles. The zero-order valence-electron chi connectivity index (χ0n) is 40.4. The lowest BCUT2D eigenvalue weighted by molar-refractivity contribution is -0.131. The fraction of sp³-hybridized carbons (Fsp3) is 0.873. The van der Waals surface area contributed by atoms with Gasteiger partial charge in [-0.15, -0.1) is 0 Å². The lowest BCUT2D eigenvalue weighted by atomic mass is 10.0. The molecule has 0 radical (unpaired) electrons. The smallest absolute Gasteiger partial charge is 0.249 e. The molecule has 0 rings (SSSR count). The fourth-order valence-electron chi connectivity index (χ4n) is 8.26. The van der Waals surface area contributed by atoms with Crippen molar-refractivity contribution in [2.75, 3.05) is 6.61 Å². The number of rotatable bonds is 49. The summed E-state index contributed by atoms with van der Waals surface area (Å²) in [7, 11) is 0. The van der Waals surface area contributed by atoms with Crippen LogP contribution in [0.5, 0.6) is 0 Å². The Hall–Kier alpha value is -1.43. The first-order valence-electron chi connectivity index (χ1n) is 26.8. The zero-order chi connectivity index (χ0) is 43.7. The van der Waals surface area contributed by atoms with Crippen molar-refractivity contribution in [2.45, 2.75) is 302 Å². The zero-order valence-corrected chi connectivity index (χ0v) is 40.4. The van der Waals surface area contributed by atoms with Gasteiger partial charge in [0.25, 0.3) is 0 Å². The van der Waals surface area contributed by atoms with Crippen molar-refractivity contribution in [2.24, 2.45) is 0 Å². The van der Waals surface area contributed by atoms with E-state index < -0.39 is 24.2 Å². The van der Waals surface area contributed by atoms with E-state index in [0.717, 1.165) is 38.5 Å². The Bertz CT molecular complexity index is 931. The summed E-state index contributed by atoms with van der Waals surface area (Å²) in [4.78, 5) is 12.5. The largest absolute Gasteiger partial charge is 0.394 e. The first-order valence-corrected chi connectivity index (χ1v) is 26.8. The minimum atomic E-state index is -1.10. The molecule has 0 aliphatic carbocycles. The SMILES string of the molecule is CCCCCCCCCCC/C=C/CC/C=C/C(O)C(CO)NC(=O)C(O)CCCCCCCCCCCCCCCCC/C=C\CCCCCCCCCCCCCC. The van der Waals surface area contributed by atoms with Gasteiger partial charge in [0.05, 0.1) is 18.8 Å². The molecule has 0 saturated carbocycles. The summed E-state index contributed by atoms with van der Waals surface area (Å²) in [6.07, 6.45) is 65.1. The van der Waals surface area contributed by atoms with Crippen LogP contribution in [0.2, 0.25) is 0 Å². The van der Waals surface area contributed by atoms with Gasteiger partial charge in [0.2, 0.25) is 5.91 Å². The van der Waals surface area contributed by atoms with Gasteiger partial charge in [-0.2, -0.15) is 0 Å². The normalized spacial score (nSPS) is 13.6. The summed E-state index contributed by atoms with van der Waals surface area (Å²) in [5.74, 6) is -0.510. The number of carbonyl (C=O) groups excluding carboxylic acids is 1. The van der Waals surface area contributed by atoms with Crippen molar-refractivity contribution in [1.29, 1.82) is 0 Å². The molecule has 0 spiro atoms. The number of nitrogens with one attached hydrogen (secondary N) is 1. The first-order chi connectivity index (χ1) is 29.6. The van der Waals surface area contributed by atoms with Gasteiger partial charge in [0.15, 0.2) is 0 Å². The van der Waals surface area contributed by atoms with Crippen molar-refractivity contribution in [1.82, 2.24) is 5.32 Å². The number of aliphatic hydroxyl groups is 3. The van der Waals surface area contributed by atoms with Crippen LogP contribution in [0.4, 0.5) is 0 Å². The average molecular weight is 844 g/mol. The summed E-state index contributed by atoms with van der Waals surface area (Å²) in [5, 5.41) is 33.2. The Labute approximate surface area is 374 Å². The molecular formula is C55H105NO4. The standard InChI is InChI=1S/C55H105NO4/c1-3-5-7-9-11-13-15-17-19-20-21-22-23-24-25-26-27-28-29-30-31-32-33-34-36-38-40-42-44-46-48-50-54(59)55(60)56-52(51-57)53(58)49-47-45-43-41-39-37-35-18-16-14-12-10-8-6-4-2/h24-25,39,41,47,49,52-54,57-59H,3-23,26-38,40,42-46,48,50-51H2,1-2H3,(H,56,60)/b25-24-,41-39+,49-47+. The second-order valence-corrected chi connectivity index (χ2v) is 18.4. The number of amides is 1. The highest BCUT2D eigenvalue weighted by Crippen LogP contribution is 2.16. The van der Waals surface area contributed by atoms with Crippen LogP contribution in [0.25, 0.3) is 0 Å². The molecular weight excluding hydrogens is 739 g/mol. The number of carbonyl (C=O) groups is 1. The van der Waals surface area contributed by atoms with Gasteiger partial charge >= 0.3 is 0 Å². The van der Waals surface area contributed by atoms with Crippen LogP contribution in [-0.2, 0) is 4.79 Å². The second kappa shape index (κ2) is 50.2. The van der Waals surface area contributed by atoms with Crippen LogP contribution in [0.3, 0.4) is 0 Å². The molecule has 0 aliphatic heterocycles. The van der Waals surface area contributed by atoms with Crippen molar-refractivity contribution in [3.05, 3.63) is 36.5 Å². The molecule has 0 aliphatic rings. The van der Waals surface area contributed by atoms with E-state index in [-0.39, 0.29) is 6.61 Å². The van der Waals surface area contributed by atoms with Crippen LogP contribution in [0.15, 0.2) is 36.5 Å². The fourth-order valence-corrected chi connectivity index (χ4v) is 8.26. The van der Waals surface area contributed by atoms with E-state index in [9.17, 15) is 20.1 Å². The van der Waals surface area contributed by atoms with E-state index >= 15 is 0 Å². The third-order valence-corrected chi connectivity index (χ3v) is 12.5. The van der Waals surface area contributed by atoms with Crippen LogP contribution in [-0.4, -0.2) is 46.1 Å². The van der Waals surface area contributed by atoms with Gasteiger partial charge in [-0.3, -0.25) is 4.79 Å². The van der Waals surface area contributed by atoms with Crippen LogP contribution < -0.4 is 5.32 Å². The molecule has 5 nitrogen and oxygen atoms in total. The number of allylic oxidation sites excluding steroid dienone is 5. The van der Waals surface area contributed by atoms with Crippen molar-refractivity contribution >= 4 is 5.91 Å². The number of unbranched alkanes of at least 4 members (excludes halogenated alkanes) is 37. The van der Waals surface area contributed by atoms with Crippen molar-refractivity contribution in [3.63, 3.8) is 0 Å². The summed E-state index contributed by atoms with van der Waals surface area (Å²) in [6, 6.07) is -0.813. The predicted molar refractivity (Wildman–Crippen MR) is 264 cm³/mol. The molecule has 354 valence electrons. The molecule has 0 fully saturated rings. The van der Waals surface area contributed by atoms with E-state index in [1.165, 1.54) is 225 Å². The molecule has 60 heavy (non-hydrogen) atoms. The van der Waals surface area contributed by atoms with E-state index in [4.69, 9.17) is 0 Å². The van der Waals surface area contributed by atoms with Gasteiger partial charge in [-0.25, -0.2) is 0 Å². The molecule has 4 N–H and O–H groups in total. The minimum absolute atomic E-state index is 0.375. The quantitative estimate of drug-likeness (QED) is 0.0363. The Morgan fingerprint density at radius 2 is 0.683 bits per heavy atom. The maximum atomic E-state index is 12.5. The Morgan fingerprint density at radius 1 is 0.400 bits per heavy atom. The van der Waals surface area contributed by atoms with Crippen LogP contribution >= 0.6 is 0 Å². The highest BCUT2D eigenvalue weighted by Gasteiger charge is 2.22. The highest BCUT2D eigenvalue weighted by atomic mass is 16.3. The van der Waals surface area contributed by atoms with Crippen molar-refractivity contribution < 1.29 is 20.1 Å². The van der Waals surface area contributed by atoms with Crippen LogP contribution in [0, 0.1) is 0 Å². The monoisotopic (exact) mass is 844 g/mol. The van der Waals surface area contributed by atoms with Gasteiger partial charge in [-0.1, -0.05) is 262 Å². The maximum Gasteiger partial charge on any atom is 0.249 e. The number of aliphatic hydroxyl groups excluding tert-OH is 3. The van der Waals surface area contributed by atoms with Gasteiger partial charge in [-0.05, 0) is 57.8 Å². The molecule has 0 saturated heterocycles. The summed E-state index contributed by atoms with van der Waals surface area (Å²) < 4.78 is 0.